The molecule has 0 fully saturated rings. The van der Waals surface area contributed by atoms with E-state index in [1.165, 1.54) is 24.3 Å². The van der Waals surface area contributed by atoms with Crippen LogP contribution in [-0.2, 0) is 9.84 Å². The van der Waals surface area contributed by atoms with Gasteiger partial charge in [-0.3, -0.25) is 0 Å². The second kappa shape index (κ2) is 4.28. The number of benzene rings is 2. The molecule has 0 unspecified atom stereocenters. The Balaban J connectivity index is 2.56. The Bertz CT molecular complexity index is 591. The molecule has 0 saturated carbocycles. The van der Waals surface area contributed by atoms with E-state index in [0.717, 1.165) is 0 Å². The summed E-state index contributed by atoms with van der Waals surface area (Å²) in [5.74, 6) is 0. The average molecular weight is 252 g/mol. The van der Waals surface area contributed by atoms with Gasteiger partial charge >= 0.3 is 0 Å². The fraction of sp³-hybridized carbons (Fsp3) is 0. The molecule has 4 heteroatoms. The number of sulfone groups is 1. The zero-order chi connectivity index (χ0) is 11.6. The van der Waals surface area contributed by atoms with Gasteiger partial charge in [0.15, 0.2) is 0 Å². The highest BCUT2D eigenvalue weighted by Gasteiger charge is 2.16. The third kappa shape index (κ3) is 2.10. The molecular weight excluding hydrogens is 244 g/mol. The molecule has 0 aromatic heterocycles. The predicted molar refractivity (Wildman–Crippen MR) is 62.2 cm³/mol. The molecule has 0 N–H and O–H groups in total. The van der Waals surface area contributed by atoms with E-state index in [1.54, 1.807) is 24.3 Å². The minimum Gasteiger partial charge on any atom is -0.219 e. The number of rotatable bonds is 2. The topological polar surface area (TPSA) is 34.1 Å². The van der Waals surface area contributed by atoms with Crippen LogP contribution in [0.1, 0.15) is 0 Å². The molecule has 0 aliphatic rings. The van der Waals surface area contributed by atoms with Crippen molar-refractivity contribution in [2.75, 3.05) is 0 Å². The predicted octanol–water partition coefficient (Wildman–Crippen LogP) is 2.97. The molecule has 2 aromatic rings. The summed E-state index contributed by atoms with van der Waals surface area (Å²) in [6.07, 6.45) is 0. The van der Waals surface area contributed by atoms with Crippen molar-refractivity contribution >= 4 is 21.4 Å². The third-order valence-electron chi connectivity index (χ3n) is 2.10. The highest BCUT2D eigenvalue weighted by molar-refractivity contribution is 7.91. The summed E-state index contributed by atoms with van der Waals surface area (Å²) in [5.41, 5.74) is 0. The smallest absolute Gasteiger partial charge is 0.206 e. The summed E-state index contributed by atoms with van der Waals surface area (Å²) in [5, 5.41) is 0.406. The number of hydrogen-bond acceptors (Lipinski definition) is 2. The Morgan fingerprint density at radius 1 is 1.00 bits per heavy atom. The van der Waals surface area contributed by atoms with Crippen molar-refractivity contribution in [3.05, 3.63) is 59.6 Å². The van der Waals surface area contributed by atoms with Crippen LogP contribution in [0.15, 0.2) is 58.3 Å². The lowest BCUT2D eigenvalue weighted by atomic mass is 10.4. The first-order chi connectivity index (χ1) is 7.60. The summed E-state index contributed by atoms with van der Waals surface area (Å²) in [7, 11) is -3.47. The van der Waals surface area contributed by atoms with Crippen LogP contribution in [0, 0.1) is 6.07 Å². The molecular formula is C12H8ClO2S. The molecule has 2 aromatic carbocycles. The molecule has 0 aliphatic carbocycles. The van der Waals surface area contributed by atoms with Crippen LogP contribution in [0.5, 0.6) is 0 Å². The van der Waals surface area contributed by atoms with Gasteiger partial charge in [-0.2, -0.15) is 0 Å². The molecule has 0 bridgehead atoms. The van der Waals surface area contributed by atoms with Crippen molar-refractivity contribution in [1.29, 1.82) is 0 Å². The normalized spacial score (nSPS) is 11.3. The summed E-state index contributed by atoms with van der Waals surface area (Å²) in [6.45, 7) is 0. The molecule has 2 rings (SSSR count). The van der Waals surface area contributed by atoms with Crippen LogP contribution in [-0.4, -0.2) is 8.42 Å². The van der Waals surface area contributed by atoms with Gasteiger partial charge in [-0.25, -0.2) is 8.42 Å². The van der Waals surface area contributed by atoms with Crippen LogP contribution in [0.25, 0.3) is 0 Å². The third-order valence-corrected chi connectivity index (χ3v) is 4.11. The van der Waals surface area contributed by atoms with Gasteiger partial charge in [0.05, 0.1) is 9.79 Å². The van der Waals surface area contributed by atoms with E-state index in [-0.39, 0.29) is 9.79 Å². The molecule has 81 valence electrons. The van der Waals surface area contributed by atoms with Crippen molar-refractivity contribution < 1.29 is 8.42 Å². The maximum Gasteiger partial charge on any atom is 0.206 e. The quantitative estimate of drug-likeness (QED) is 0.822. The Morgan fingerprint density at radius 2 is 1.69 bits per heavy atom. The SMILES string of the molecule is O=S(=O)(c1cc[c]cc1)c1cccc(Cl)c1. The molecule has 0 aliphatic heterocycles. The number of hydrogen-bond donors (Lipinski definition) is 0. The minimum absolute atomic E-state index is 0.200. The van der Waals surface area contributed by atoms with E-state index in [9.17, 15) is 8.42 Å². The Morgan fingerprint density at radius 3 is 2.31 bits per heavy atom. The fourth-order valence-electron chi connectivity index (χ4n) is 1.32. The first kappa shape index (κ1) is 11.2. The zero-order valence-corrected chi connectivity index (χ0v) is 9.79. The van der Waals surface area contributed by atoms with Gasteiger partial charge in [-0.1, -0.05) is 29.8 Å². The molecule has 0 heterocycles. The van der Waals surface area contributed by atoms with Crippen LogP contribution in [0.4, 0.5) is 0 Å². The molecule has 0 spiro atoms. The summed E-state index contributed by atoms with van der Waals surface area (Å²) < 4.78 is 24.2. The van der Waals surface area contributed by atoms with Crippen molar-refractivity contribution in [1.82, 2.24) is 0 Å². The number of halogens is 1. The van der Waals surface area contributed by atoms with Gasteiger partial charge in [-0.15, -0.1) is 0 Å². The van der Waals surface area contributed by atoms with Crippen LogP contribution in [0.2, 0.25) is 5.02 Å². The minimum atomic E-state index is -3.47. The van der Waals surface area contributed by atoms with Crippen LogP contribution in [0.3, 0.4) is 0 Å². The highest BCUT2D eigenvalue weighted by Crippen LogP contribution is 2.22. The maximum absolute atomic E-state index is 12.1. The maximum atomic E-state index is 12.1. The molecule has 0 saturated heterocycles. The van der Waals surface area contributed by atoms with Gasteiger partial charge in [0.1, 0.15) is 0 Å². The first-order valence-corrected chi connectivity index (χ1v) is 6.43. The molecule has 1 radical (unpaired) electrons. The zero-order valence-electron chi connectivity index (χ0n) is 8.22. The van der Waals surface area contributed by atoms with E-state index >= 15 is 0 Å². The molecule has 0 atom stereocenters. The van der Waals surface area contributed by atoms with Gasteiger partial charge in [-0.05, 0) is 36.4 Å². The summed E-state index contributed by atoms with van der Waals surface area (Å²) in [6, 6.07) is 15.1. The van der Waals surface area contributed by atoms with Gasteiger partial charge in [0.25, 0.3) is 0 Å². The average Bonchev–Trinajstić information content (AvgIpc) is 2.30. The lowest BCUT2D eigenvalue weighted by Gasteiger charge is -2.04. The van der Waals surface area contributed by atoms with Crippen molar-refractivity contribution in [3.63, 3.8) is 0 Å². The van der Waals surface area contributed by atoms with Crippen LogP contribution >= 0.6 is 11.6 Å². The van der Waals surface area contributed by atoms with E-state index < -0.39 is 9.84 Å². The van der Waals surface area contributed by atoms with E-state index in [0.29, 0.717) is 5.02 Å². The second-order valence-corrected chi connectivity index (χ2v) is 5.58. The van der Waals surface area contributed by atoms with Crippen LogP contribution < -0.4 is 0 Å². The molecule has 16 heavy (non-hydrogen) atoms. The Hall–Kier alpha value is -1.32. The standard InChI is InChI=1S/C12H8ClO2S/c13-10-5-4-8-12(9-10)16(14,15)11-6-2-1-3-7-11/h2-9H. The van der Waals surface area contributed by atoms with Gasteiger partial charge < -0.3 is 0 Å². The molecule has 0 amide bonds. The van der Waals surface area contributed by atoms with E-state index in [4.69, 9.17) is 11.6 Å². The van der Waals surface area contributed by atoms with Crippen molar-refractivity contribution in [2.24, 2.45) is 0 Å². The second-order valence-electron chi connectivity index (χ2n) is 3.20. The van der Waals surface area contributed by atoms with Crippen molar-refractivity contribution in [2.45, 2.75) is 9.79 Å². The van der Waals surface area contributed by atoms with Gasteiger partial charge in [0.2, 0.25) is 9.84 Å². The van der Waals surface area contributed by atoms with Gasteiger partial charge in [0, 0.05) is 5.02 Å². The first-order valence-electron chi connectivity index (χ1n) is 4.57. The summed E-state index contributed by atoms with van der Waals surface area (Å²) in [4.78, 5) is 0.444. The fourth-order valence-corrected chi connectivity index (χ4v) is 2.88. The largest absolute Gasteiger partial charge is 0.219 e. The Kier molecular flexibility index (Phi) is 2.99. The lowest BCUT2D eigenvalue weighted by Crippen LogP contribution is -2.01. The summed E-state index contributed by atoms with van der Waals surface area (Å²) >= 11 is 5.77. The van der Waals surface area contributed by atoms with Crippen molar-refractivity contribution in [3.8, 4) is 0 Å². The van der Waals surface area contributed by atoms with E-state index in [1.807, 2.05) is 0 Å². The molecule has 2 nitrogen and oxygen atoms in total. The Labute approximate surface area is 99.4 Å². The van der Waals surface area contributed by atoms with E-state index in [2.05, 4.69) is 6.07 Å². The lowest BCUT2D eigenvalue weighted by molar-refractivity contribution is 0.596. The monoisotopic (exact) mass is 251 g/mol. The highest BCUT2D eigenvalue weighted by atomic mass is 35.5.